The molecule has 130 valence electrons. The minimum atomic E-state index is 0.114. The molecule has 5 heteroatoms. The van der Waals surface area contributed by atoms with E-state index < -0.39 is 0 Å². The standard InChI is InChI=1S/C18H32N4O/c1-6-21-9-7-8-16(21)11-19-18(23)10-17-14(4)20-22(15(17)5)12-13(2)3/h13,16H,6-12H2,1-5H3,(H,19,23). The first-order chi connectivity index (χ1) is 10.9. The molecule has 1 unspecified atom stereocenters. The van der Waals surface area contributed by atoms with Gasteiger partial charge in [0.25, 0.3) is 0 Å². The monoisotopic (exact) mass is 320 g/mol. The van der Waals surface area contributed by atoms with E-state index in [0.29, 0.717) is 18.4 Å². The zero-order chi connectivity index (χ0) is 17.0. The number of aromatic nitrogens is 2. The average Bonchev–Trinajstić information content (AvgIpc) is 3.04. The van der Waals surface area contributed by atoms with E-state index in [1.165, 1.54) is 12.8 Å². The maximum Gasteiger partial charge on any atom is 0.224 e. The molecule has 0 aromatic carbocycles. The van der Waals surface area contributed by atoms with Gasteiger partial charge in [-0.1, -0.05) is 20.8 Å². The van der Waals surface area contributed by atoms with E-state index in [1.807, 2.05) is 11.6 Å². The van der Waals surface area contributed by atoms with Gasteiger partial charge in [-0.05, 0) is 45.7 Å². The summed E-state index contributed by atoms with van der Waals surface area (Å²) in [4.78, 5) is 14.8. The van der Waals surface area contributed by atoms with Gasteiger partial charge in [-0.25, -0.2) is 0 Å². The topological polar surface area (TPSA) is 50.2 Å². The maximum absolute atomic E-state index is 12.3. The second kappa shape index (κ2) is 7.95. The number of likely N-dealkylation sites (N-methyl/N-ethyl adjacent to an activating group) is 1. The fourth-order valence-electron chi connectivity index (χ4n) is 3.51. The van der Waals surface area contributed by atoms with E-state index in [4.69, 9.17) is 0 Å². The highest BCUT2D eigenvalue weighted by atomic mass is 16.1. The van der Waals surface area contributed by atoms with Crippen LogP contribution in [0.25, 0.3) is 0 Å². The van der Waals surface area contributed by atoms with E-state index >= 15 is 0 Å². The minimum absolute atomic E-state index is 0.114. The fraction of sp³-hybridized carbons (Fsp3) is 0.778. The molecule has 1 saturated heterocycles. The van der Waals surface area contributed by atoms with Crippen LogP contribution in [0.5, 0.6) is 0 Å². The minimum Gasteiger partial charge on any atom is -0.354 e. The Bertz CT molecular complexity index is 535. The summed E-state index contributed by atoms with van der Waals surface area (Å²) in [6.45, 7) is 14.5. The quantitative estimate of drug-likeness (QED) is 0.839. The third-order valence-electron chi connectivity index (χ3n) is 4.85. The molecule has 1 atom stereocenters. The lowest BCUT2D eigenvalue weighted by Gasteiger charge is -2.22. The van der Waals surface area contributed by atoms with E-state index in [0.717, 1.165) is 43.1 Å². The van der Waals surface area contributed by atoms with Gasteiger partial charge in [-0.15, -0.1) is 0 Å². The fourth-order valence-corrected chi connectivity index (χ4v) is 3.51. The van der Waals surface area contributed by atoms with Gasteiger partial charge in [0, 0.05) is 30.4 Å². The molecule has 2 heterocycles. The zero-order valence-electron chi connectivity index (χ0n) is 15.4. The summed E-state index contributed by atoms with van der Waals surface area (Å²) < 4.78 is 2.04. The normalized spacial score (nSPS) is 18.8. The van der Waals surface area contributed by atoms with E-state index in [1.54, 1.807) is 0 Å². The van der Waals surface area contributed by atoms with Crippen LogP contribution in [0.15, 0.2) is 0 Å². The number of nitrogens with one attached hydrogen (secondary N) is 1. The molecule has 2 rings (SSSR count). The van der Waals surface area contributed by atoms with Gasteiger partial charge in [0.05, 0.1) is 12.1 Å². The smallest absolute Gasteiger partial charge is 0.224 e. The van der Waals surface area contributed by atoms with Crippen LogP contribution in [0, 0.1) is 19.8 Å². The van der Waals surface area contributed by atoms with Crippen LogP contribution in [0.2, 0.25) is 0 Å². The highest BCUT2D eigenvalue weighted by Gasteiger charge is 2.23. The molecule has 1 aromatic heterocycles. The number of carbonyl (C=O) groups is 1. The molecule has 0 saturated carbocycles. The van der Waals surface area contributed by atoms with Crippen molar-refractivity contribution in [2.24, 2.45) is 5.92 Å². The van der Waals surface area contributed by atoms with Crippen molar-refractivity contribution >= 4 is 5.91 Å². The van der Waals surface area contributed by atoms with Crippen LogP contribution in [0.3, 0.4) is 0 Å². The molecule has 1 fully saturated rings. The number of hydrogen-bond donors (Lipinski definition) is 1. The van der Waals surface area contributed by atoms with Crippen molar-refractivity contribution < 1.29 is 4.79 Å². The first-order valence-corrected chi connectivity index (χ1v) is 8.96. The first kappa shape index (κ1) is 18.0. The lowest BCUT2D eigenvalue weighted by Crippen LogP contribution is -2.40. The Balaban J connectivity index is 1.91. The Kier molecular flexibility index (Phi) is 6.22. The first-order valence-electron chi connectivity index (χ1n) is 8.96. The Morgan fingerprint density at radius 2 is 2.13 bits per heavy atom. The largest absolute Gasteiger partial charge is 0.354 e. The summed E-state index contributed by atoms with van der Waals surface area (Å²) in [6.07, 6.45) is 2.88. The summed E-state index contributed by atoms with van der Waals surface area (Å²) in [5.74, 6) is 0.667. The number of nitrogens with zero attached hydrogens (tertiary/aromatic N) is 3. The molecule has 1 N–H and O–H groups in total. The van der Waals surface area contributed by atoms with Crippen LogP contribution in [-0.2, 0) is 17.8 Å². The molecule has 1 aromatic rings. The Morgan fingerprint density at radius 3 is 2.78 bits per heavy atom. The number of amides is 1. The molecule has 0 spiro atoms. The van der Waals surface area contributed by atoms with Crippen molar-refractivity contribution in [2.75, 3.05) is 19.6 Å². The van der Waals surface area contributed by atoms with Crippen molar-refractivity contribution in [2.45, 2.75) is 66.5 Å². The highest BCUT2D eigenvalue weighted by molar-refractivity contribution is 5.79. The van der Waals surface area contributed by atoms with Gasteiger partial charge < -0.3 is 5.32 Å². The lowest BCUT2D eigenvalue weighted by molar-refractivity contribution is -0.120. The second-order valence-electron chi connectivity index (χ2n) is 7.13. The van der Waals surface area contributed by atoms with Crippen LogP contribution >= 0.6 is 0 Å². The summed E-state index contributed by atoms with van der Waals surface area (Å²) in [5.41, 5.74) is 3.19. The van der Waals surface area contributed by atoms with Crippen LogP contribution in [0.4, 0.5) is 0 Å². The zero-order valence-corrected chi connectivity index (χ0v) is 15.4. The molecular weight excluding hydrogens is 288 g/mol. The molecule has 1 aliphatic rings. The Labute approximate surface area is 140 Å². The molecule has 1 aliphatic heterocycles. The van der Waals surface area contributed by atoms with E-state index in [2.05, 4.69) is 43.0 Å². The SMILES string of the molecule is CCN1CCCC1CNC(=O)Cc1c(C)nn(CC(C)C)c1C. The second-order valence-corrected chi connectivity index (χ2v) is 7.13. The predicted molar refractivity (Wildman–Crippen MR) is 93.5 cm³/mol. The molecule has 0 bridgehead atoms. The van der Waals surface area contributed by atoms with Crippen LogP contribution in [0.1, 0.15) is 50.6 Å². The molecule has 0 radical (unpaired) electrons. The van der Waals surface area contributed by atoms with Crippen molar-refractivity contribution in [3.63, 3.8) is 0 Å². The third-order valence-corrected chi connectivity index (χ3v) is 4.85. The molecule has 5 nitrogen and oxygen atoms in total. The van der Waals surface area contributed by atoms with Gasteiger partial charge in [-0.2, -0.15) is 5.10 Å². The average molecular weight is 320 g/mol. The van der Waals surface area contributed by atoms with Gasteiger partial charge in [0.15, 0.2) is 0 Å². The summed E-state index contributed by atoms with van der Waals surface area (Å²) >= 11 is 0. The number of likely N-dealkylation sites (tertiary alicyclic amines) is 1. The Hall–Kier alpha value is -1.36. The molecule has 23 heavy (non-hydrogen) atoms. The summed E-state index contributed by atoms with van der Waals surface area (Å²) in [7, 11) is 0. The number of rotatable bonds is 7. The molecular formula is C18H32N4O. The highest BCUT2D eigenvalue weighted by Crippen LogP contribution is 2.17. The third kappa shape index (κ3) is 4.56. The number of aryl methyl sites for hydroxylation is 1. The van der Waals surface area contributed by atoms with Gasteiger partial charge >= 0.3 is 0 Å². The number of carbonyl (C=O) groups excluding carboxylic acids is 1. The van der Waals surface area contributed by atoms with Gasteiger partial charge in [0.1, 0.15) is 0 Å². The van der Waals surface area contributed by atoms with Crippen LogP contribution < -0.4 is 5.32 Å². The van der Waals surface area contributed by atoms with Crippen molar-refractivity contribution in [3.8, 4) is 0 Å². The van der Waals surface area contributed by atoms with Crippen molar-refractivity contribution in [1.82, 2.24) is 20.0 Å². The van der Waals surface area contributed by atoms with Gasteiger partial charge in [-0.3, -0.25) is 14.4 Å². The summed E-state index contributed by atoms with van der Waals surface area (Å²) in [5, 5.41) is 7.72. The van der Waals surface area contributed by atoms with Crippen molar-refractivity contribution in [3.05, 3.63) is 17.0 Å². The lowest BCUT2D eigenvalue weighted by atomic mass is 10.1. The molecule has 1 amide bonds. The molecule has 0 aliphatic carbocycles. The predicted octanol–water partition coefficient (Wildman–Crippen LogP) is 2.30. The van der Waals surface area contributed by atoms with Crippen LogP contribution in [-0.4, -0.2) is 46.3 Å². The van der Waals surface area contributed by atoms with E-state index in [9.17, 15) is 4.79 Å². The summed E-state index contributed by atoms with van der Waals surface area (Å²) in [6, 6.07) is 0.509. The number of hydrogen-bond acceptors (Lipinski definition) is 3. The Morgan fingerprint density at radius 1 is 1.39 bits per heavy atom. The van der Waals surface area contributed by atoms with Gasteiger partial charge in [0.2, 0.25) is 5.91 Å². The van der Waals surface area contributed by atoms with Crippen molar-refractivity contribution in [1.29, 1.82) is 0 Å². The van der Waals surface area contributed by atoms with E-state index in [-0.39, 0.29) is 5.91 Å². The maximum atomic E-state index is 12.3.